The van der Waals surface area contributed by atoms with Crippen LogP contribution < -0.4 is 4.74 Å². The van der Waals surface area contributed by atoms with Crippen molar-refractivity contribution < 1.29 is 23.4 Å². The van der Waals surface area contributed by atoms with Gasteiger partial charge in [-0.2, -0.15) is 5.26 Å². The minimum atomic E-state index is -0.579. The summed E-state index contributed by atoms with van der Waals surface area (Å²) < 4.78 is 34.3. The Morgan fingerprint density at radius 3 is 2.68 bits per heavy atom. The lowest BCUT2D eigenvalue weighted by molar-refractivity contribution is -0.0592. The molecule has 2 aliphatic rings. The molecule has 0 bridgehead atoms. The molecule has 1 unspecified atom stereocenters. The lowest BCUT2D eigenvalue weighted by Crippen LogP contribution is -2.34. The van der Waals surface area contributed by atoms with Crippen molar-refractivity contribution in [2.45, 2.75) is 78.0 Å². The van der Waals surface area contributed by atoms with Crippen LogP contribution in [0.4, 0.5) is 4.39 Å². The van der Waals surface area contributed by atoms with Gasteiger partial charge in [-0.05, 0) is 94.1 Å². The fraction of sp³-hybridized carbons (Fsp3) is 0.400. The molecule has 9 heteroatoms. The molecule has 0 N–H and O–H groups in total. The molecule has 3 heterocycles. The lowest BCUT2D eigenvalue weighted by Gasteiger charge is -2.31. The van der Waals surface area contributed by atoms with E-state index < -0.39 is 17.5 Å². The molecule has 1 aromatic heterocycles. The molecule has 2 aliphatic heterocycles. The molecular weight excluding hydrogens is 559 g/mol. The maximum Gasteiger partial charge on any atom is 0.338 e. The van der Waals surface area contributed by atoms with E-state index in [-0.39, 0.29) is 17.6 Å². The molecule has 2 atom stereocenters. The third kappa shape index (κ3) is 6.47. The van der Waals surface area contributed by atoms with Crippen molar-refractivity contribution in [3.05, 3.63) is 94.1 Å². The number of carbonyl (C=O) groups excluding carboxylic acids is 1. The molecule has 4 aromatic rings. The molecule has 0 spiro atoms. The van der Waals surface area contributed by atoms with Gasteiger partial charge in [0.2, 0.25) is 0 Å². The summed E-state index contributed by atoms with van der Waals surface area (Å²) in [5.74, 6) is 0.799. The van der Waals surface area contributed by atoms with E-state index in [2.05, 4.69) is 15.5 Å². The van der Waals surface area contributed by atoms with E-state index in [1.807, 2.05) is 51.1 Å². The zero-order valence-corrected chi connectivity index (χ0v) is 25.6. The minimum absolute atomic E-state index is 0.126. The number of esters is 1. The number of hydrogen-bond donors (Lipinski definition) is 0. The smallest absolute Gasteiger partial charge is 0.338 e. The average molecular weight is 597 g/mol. The summed E-state index contributed by atoms with van der Waals surface area (Å²) in [4.78, 5) is 20.2. The number of nitriles is 1. The number of carbonyl (C=O) groups is 1. The summed E-state index contributed by atoms with van der Waals surface area (Å²) in [5, 5.41) is 9.04. The number of aromatic nitrogens is 2. The molecule has 8 nitrogen and oxygen atoms in total. The Morgan fingerprint density at radius 1 is 1.16 bits per heavy atom. The van der Waals surface area contributed by atoms with Gasteiger partial charge in [0.15, 0.2) is 0 Å². The van der Waals surface area contributed by atoms with Crippen LogP contribution in [0.25, 0.3) is 11.0 Å². The fourth-order valence-corrected chi connectivity index (χ4v) is 5.79. The minimum Gasteiger partial charge on any atom is -0.486 e. The molecule has 0 saturated carbocycles. The van der Waals surface area contributed by atoms with E-state index in [0.717, 1.165) is 49.4 Å². The maximum atomic E-state index is 14.6. The molecule has 1 fully saturated rings. The Kier molecular flexibility index (Phi) is 8.14. The van der Waals surface area contributed by atoms with Crippen molar-refractivity contribution >= 4 is 17.0 Å². The second-order valence-electron chi connectivity index (χ2n) is 12.6. The predicted molar refractivity (Wildman–Crippen MR) is 164 cm³/mol. The van der Waals surface area contributed by atoms with E-state index in [1.165, 1.54) is 17.2 Å². The Bertz CT molecular complexity index is 1750. The van der Waals surface area contributed by atoms with Crippen LogP contribution in [-0.4, -0.2) is 45.3 Å². The summed E-state index contributed by atoms with van der Waals surface area (Å²) >= 11 is 0. The highest BCUT2D eigenvalue weighted by atomic mass is 19.1. The second kappa shape index (κ2) is 12.0. The largest absolute Gasteiger partial charge is 0.486 e. The first-order valence-corrected chi connectivity index (χ1v) is 15.1. The third-order valence-corrected chi connectivity index (χ3v) is 8.16. The van der Waals surface area contributed by atoms with Gasteiger partial charge in [-0.25, -0.2) is 14.2 Å². The van der Waals surface area contributed by atoms with Crippen molar-refractivity contribution in [3.63, 3.8) is 0 Å². The summed E-state index contributed by atoms with van der Waals surface area (Å²) in [7, 11) is 0. The van der Waals surface area contributed by atoms with Crippen molar-refractivity contribution in [1.29, 1.82) is 5.26 Å². The van der Waals surface area contributed by atoms with Crippen molar-refractivity contribution in [2.75, 3.05) is 13.2 Å². The Balaban J connectivity index is 1.21. The number of fused-ring (bicyclic) bond motifs is 2. The Labute approximate surface area is 257 Å². The number of rotatable bonds is 8. The number of imidazole rings is 1. The monoisotopic (exact) mass is 596 g/mol. The van der Waals surface area contributed by atoms with Gasteiger partial charge >= 0.3 is 5.97 Å². The van der Waals surface area contributed by atoms with E-state index in [0.29, 0.717) is 30.0 Å². The summed E-state index contributed by atoms with van der Waals surface area (Å²) in [6, 6.07) is 18.0. The second-order valence-corrected chi connectivity index (χ2v) is 12.6. The van der Waals surface area contributed by atoms with E-state index in [9.17, 15) is 9.18 Å². The highest BCUT2D eigenvalue weighted by Crippen LogP contribution is 2.30. The molecule has 0 aliphatic carbocycles. The van der Waals surface area contributed by atoms with Crippen LogP contribution in [0.2, 0.25) is 0 Å². The van der Waals surface area contributed by atoms with Crippen LogP contribution in [-0.2, 0) is 35.5 Å². The quantitative estimate of drug-likeness (QED) is 0.215. The Hall–Kier alpha value is -4.26. The van der Waals surface area contributed by atoms with Crippen molar-refractivity contribution in [2.24, 2.45) is 0 Å². The number of halogens is 1. The van der Waals surface area contributed by atoms with Crippen molar-refractivity contribution in [1.82, 2.24) is 14.5 Å². The van der Waals surface area contributed by atoms with E-state index in [4.69, 9.17) is 24.5 Å². The number of ether oxygens (including phenoxy) is 3. The first-order valence-electron chi connectivity index (χ1n) is 15.1. The number of hydrogen-bond acceptors (Lipinski definition) is 7. The number of benzene rings is 3. The van der Waals surface area contributed by atoms with Gasteiger partial charge < -0.3 is 18.8 Å². The van der Waals surface area contributed by atoms with E-state index >= 15 is 0 Å². The van der Waals surface area contributed by atoms with Crippen LogP contribution in [0.15, 0.2) is 54.6 Å². The molecule has 6 rings (SSSR count). The van der Waals surface area contributed by atoms with Crippen LogP contribution in [0, 0.1) is 17.1 Å². The average Bonchev–Trinajstić information content (AvgIpc) is 3.29. The first-order chi connectivity index (χ1) is 21.1. The molecule has 3 aromatic carbocycles. The maximum absolute atomic E-state index is 14.6. The summed E-state index contributed by atoms with van der Waals surface area (Å²) in [5.41, 5.74) is 4.79. The van der Waals surface area contributed by atoms with Gasteiger partial charge in [0.05, 0.1) is 47.4 Å². The van der Waals surface area contributed by atoms with Gasteiger partial charge in [-0.3, -0.25) is 4.90 Å². The third-order valence-electron chi connectivity index (χ3n) is 8.16. The van der Waals surface area contributed by atoms with Gasteiger partial charge in [0.1, 0.15) is 29.1 Å². The summed E-state index contributed by atoms with van der Waals surface area (Å²) in [6.07, 6.45) is 1.50. The van der Waals surface area contributed by atoms with Gasteiger partial charge in [-0.15, -0.1) is 0 Å². The zero-order chi connectivity index (χ0) is 31.0. The fourth-order valence-electron chi connectivity index (χ4n) is 5.79. The van der Waals surface area contributed by atoms with Crippen LogP contribution >= 0.6 is 0 Å². The SMILES string of the molecule is C[C@H](Oc1ccc2c(c1)CN(Cc1nc3ccc(C(=O)OC(C)(C)C)cc3n1CC1CCO1)CC2)c1ccc(C#N)cc1F. The molecule has 44 heavy (non-hydrogen) atoms. The first kappa shape index (κ1) is 29.8. The van der Waals surface area contributed by atoms with Crippen LogP contribution in [0.1, 0.15) is 78.7 Å². The highest BCUT2D eigenvalue weighted by molar-refractivity contribution is 5.94. The van der Waals surface area contributed by atoms with E-state index in [1.54, 1.807) is 25.1 Å². The topological polar surface area (TPSA) is 89.6 Å². The van der Waals surface area contributed by atoms with Gasteiger partial charge in [0, 0.05) is 25.3 Å². The molecule has 1 saturated heterocycles. The van der Waals surface area contributed by atoms with Gasteiger partial charge in [-0.1, -0.05) is 12.1 Å². The predicted octanol–water partition coefficient (Wildman–Crippen LogP) is 6.49. The Morgan fingerprint density at radius 2 is 1.98 bits per heavy atom. The van der Waals surface area contributed by atoms with Crippen LogP contribution in [0.3, 0.4) is 0 Å². The zero-order valence-electron chi connectivity index (χ0n) is 25.6. The molecule has 0 amide bonds. The number of nitrogens with zero attached hydrogens (tertiary/aromatic N) is 4. The summed E-state index contributed by atoms with van der Waals surface area (Å²) in [6.45, 7) is 11.1. The molecule has 0 radical (unpaired) electrons. The highest BCUT2D eigenvalue weighted by Gasteiger charge is 2.26. The standard InChI is InChI=1S/C35H37FN4O4/c1-22(29-9-5-23(18-37)15-30(29)36)43-27-8-6-24-11-13-39(19-26(24)16-27)21-33-38-31-10-7-25(34(41)44-35(2,3)4)17-32(31)40(33)20-28-12-14-42-28/h5-10,15-17,22,28H,11-14,19-21H2,1-4H3/t22-,28?/m0/s1. The molecule has 228 valence electrons. The van der Waals surface area contributed by atoms with Crippen LogP contribution in [0.5, 0.6) is 5.75 Å². The van der Waals surface area contributed by atoms with Gasteiger partial charge in [0.25, 0.3) is 0 Å². The van der Waals surface area contributed by atoms with Crippen molar-refractivity contribution in [3.8, 4) is 11.8 Å². The lowest BCUT2D eigenvalue weighted by atomic mass is 9.99. The molecular formula is C35H37FN4O4. The normalized spacial score (nSPS) is 17.4.